The molecule has 0 bridgehead atoms. The number of hydrogen-bond acceptors (Lipinski definition) is 7. The van der Waals surface area contributed by atoms with E-state index in [1.165, 1.54) is 6.26 Å². The number of nitrogen functional groups attached to an aromatic ring is 1. The Morgan fingerprint density at radius 3 is 2.65 bits per heavy atom. The average Bonchev–Trinajstić information content (AvgIpc) is 2.23. The normalized spacial score (nSPS) is 11.2. The lowest BCUT2D eigenvalue weighted by molar-refractivity contribution is 0.601. The highest BCUT2D eigenvalue weighted by Crippen LogP contribution is 2.15. The third kappa shape index (κ3) is 4.43. The third-order valence-electron chi connectivity index (χ3n) is 2.17. The highest BCUT2D eigenvalue weighted by atomic mass is 32.2. The van der Waals surface area contributed by atoms with E-state index in [0.717, 1.165) is 0 Å². The second kappa shape index (κ2) is 5.17. The molecule has 0 unspecified atom stereocenters. The first kappa shape index (κ1) is 13.5. The first-order valence-electron chi connectivity index (χ1n) is 5.03. The van der Waals surface area contributed by atoms with Crippen molar-refractivity contribution in [3.8, 4) is 0 Å². The van der Waals surface area contributed by atoms with Gasteiger partial charge in [0.15, 0.2) is 0 Å². The highest BCUT2D eigenvalue weighted by Gasteiger charge is 2.09. The van der Waals surface area contributed by atoms with E-state index in [1.807, 2.05) is 0 Å². The van der Waals surface area contributed by atoms with Crippen LogP contribution in [0.2, 0.25) is 0 Å². The van der Waals surface area contributed by atoms with Crippen LogP contribution in [0.3, 0.4) is 0 Å². The molecule has 96 valence electrons. The van der Waals surface area contributed by atoms with Gasteiger partial charge in [-0.3, -0.25) is 0 Å². The van der Waals surface area contributed by atoms with E-state index in [1.54, 1.807) is 25.1 Å². The maximum absolute atomic E-state index is 11.1. The highest BCUT2D eigenvalue weighted by molar-refractivity contribution is 7.90. The van der Waals surface area contributed by atoms with Crippen molar-refractivity contribution in [1.29, 1.82) is 0 Å². The molecule has 1 heterocycles. The Labute approximate surface area is 101 Å². The van der Waals surface area contributed by atoms with Gasteiger partial charge < -0.3 is 16.0 Å². The van der Waals surface area contributed by atoms with E-state index >= 15 is 0 Å². The van der Waals surface area contributed by atoms with Crippen LogP contribution in [-0.2, 0) is 9.84 Å². The van der Waals surface area contributed by atoms with Gasteiger partial charge in [0.1, 0.15) is 21.5 Å². The van der Waals surface area contributed by atoms with Gasteiger partial charge in [0.25, 0.3) is 0 Å². The van der Waals surface area contributed by atoms with Crippen LogP contribution >= 0.6 is 0 Å². The third-order valence-corrected chi connectivity index (χ3v) is 3.10. The minimum atomic E-state index is -2.98. The molecule has 1 aromatic heterocycles. The second-order valence-electron chi connectivity index (χ2n) is 3.77. The van der Waals surface area contributed by atoms with Gasteiger partial charge in [-0.05, 0) is 0 Å². The van der Waals surface area contributed by atoms with Crippen LogP contribution in [0.15, 0.2) is 6.07 Å². The van der Waals surface area contributed by atoms with Crippen molar-refractivity contribution < 1.29 is 8.42 Å². The van der Waals surface area contributed by atoms with E-state index < -0.39 is 9.84 Å². The van der Waals surface area contributed by atoms with Gasteiger partial charge >= 0.3 is 0 Å². The number of nitrogens with zero attached hydrogens (tertiary/aromatic N) is 3. The molecule has 1 rings (SSSR count). The Hall–Kier alpha value is -1.57. The zero-order chi connectivity index (χ0) is 13.1. The summed E-state index contributed by atoms with van der Waals surface area (Å²) in [6.45, 7) is 0.360. The molecule has 0 atom stereocenters. The van der Waals surface area contributed by atoms with Crippen molar-refractivity contribution >= 4 is 27.4 Å². The lowest BCUT2D eigenvalue weighted by Crippen LogP contribution is -2.26. The molecule has 0 aromatic carbocycles. The van der Waals surface area contributed by atoms with Crippen LogP contribution in [0.25, 0.3) is 0 Å². The Balaban J connectivity index is 2.81. The number of aromatic nitrogens is 2. The van der Waals surface area contributed by atoms with E-state index in [0.29, 0.717) is 18.2 Å². The summed E-state index contributed by atoms with van der Waals surface area (Å²) in [5.41, 5.74) is 5.55. The fraction of sp³-hybridized carbons (Fsp3) is 0.556. The summed E-state index contributed by atoms with van der Waals surface area (Å²) in [5.74, 6) is 1.41. The molecule has 8 heteroatoms. The Kier molecular flexibility index (Phi) is 4.11. The average molecular weight is 259 g/mol. The SMILES string of the molecule is CNc1cc(N(C)CCS(C)(=O)=O)nc(N)n1. The maximum atomic E-state index is 11.1. The van der Waals surface area contributed by atoms with E-state index in [-0.39, 0.29) is 11.7 Å². The number of sulfone groups is 1. The quantitative estimate of drug-likeness (QED) is 0.740. The predicted molar refractivity (Wildman–Crippen MR) is 69.0 cm³/mol. The molecule has 0 fully saturated rings. The summed E-state index contributed by atoms with van der Waals surface area (Å²) in [6, 6.07) is 1.71. The standard InChI is InChI=1S/C9H17N5O2S/c1-11-7-6-8(13-9(10)12-7)14(2)4-5-17(3,15)16/h6H,4-5H2,1-3H3,(H3,10,11,12,13). The van der Waals surface area contributed by atoms with Crippen molar-refractivity contribution in [3.05, 3.63) is 6.07 Å². The number of rotatable bonds is 5. The first-order valence-corrected chi connectivity index (χ1v) is 7.09. The smallest absolute Gasteiger partial charge is 0.223 e. The van der Waals surface area contributed by atoms with Gasteiger partial charge in [0.2, 0.25) is 5.95 Å². The van der Waals surface area contributed by atoms with Crippen LogP contribution in [0, 0.1) is 0 Å². The fourth-order valence-corrected chi connectivity index (χ4v) is 1.80. The molecule has 0 spiro atoms. The van der Waals surface area contributed by atoms with Crippen LogP contribution in [0.4, 0.5) is 17.6 Å². The largest absolute Gasteiger partial charge is 0.373 e. The lowest BCUT2D eigenvalue weighted by atomic mass is 10.4. The molecular formula is C9H17N5O2S. The lowest BCUT2D eigenvalue weighted by Gasteiger charge is -2.18. The topological polar surface area (TPSA) is 101 Å². The molecule has 1 aromatic rings. The van der Waals surface area contributed by atoms with Gasteiger partial charge in [-0.2, -0.15) is 9.97 Å². The van der Waals surface area contributed by atoms with Crippen LogP contribution in [0.1, 0.15) is 0 Å². The van der Waals surface area contributed by atoms with Crippen molar-refractivity contribution in [2.45, 2.75) is 0 Å². The van der Waals surface area contributed by atoms with Gasteiger partial charge in [0, 0.05) is 33.0 Å². The van der Waals surface area contributed by atoms with Gasteiger partial charge in [-0.1, -0.05) is 0 Å². The van der Waals surface area contributed by atoms with E-state index in [2.05, 4.69) is 15.3 Å². The summed E-state index contributed by atoms with van der Waals surface area (Å²) in [5, 5.41) is 2.86. The van der Waals surface area contributed by atoms with Crippen molar-refractivity contribution in [3.63, 3.8) is 0 Å². The molecular weight excluding hydrogens is 242 g/mol. The Morgan fingerprint density at radius 1 is 1.47 bits per heavy atom. The molecule has 3 N–H and O–H groups in total. The molecule has 0 saturated carbocycles. The summed E-state index contributed by atoms with van der Waals surface area (Å²) in [4.78, 5) is 9.72. The molecule has 0 saturated heterocycles. The number of nitrogens with one attached hydrogen (secondary N) is 1. The Bertz CT molecular complexity index is 488. The van der Waals surface area contributed by atoms with Crippen molar-refractivity contribution in [2.75, 3.05) is 48.6 Å². The molecule has 0 amide bonds. The number of hydrogen-bond donors (Lipinski definition) is 2. The van der Waals surface area contributed by atoms with Gasteiger partial charge in [-0.25, -0.2) is 8.42 Å². The molecule has 17 heavy (non-hydrogen) atoms. The summed E-state index contributed by atoms with van der Waals surface area (Å²) in [6.07, 6.45) is 1.20. The van der Waals surface area contributed by atoms with E-state index in [9.17, 15) is 8.42 Å². The van der Waals surface area contributed by atoms with Crippen molar-refractivity contribution in [1.82, 2.24) is 9.97 Å². The zero-order valence-corrected chi connectivity index (χ0v) is 11.0. The predicted octanol–water partition coefficient (Wildman–Crippen LogP) is -0.419. The van der Waals surface area contributed by atoms with Crippen LogP contribution < -0.4 is 16.0 Å². The summed E-state index contributed by atoms with van der Waals surface area (Å²) >= 11 is 0. The first-order chi connectivity index (χ1) is 7.81. The van der Waals surface area contributed by atoms with Crippen molar-refractivity contribution in [2.24, 2.45) is 0 Å². The summed E-state index contributed by atoms with van der Waals surface area (Å²) in [7, 11) is 0.496. The van der Waals surface area contributed by atoms with Crippen LogP contribution in [0.5, 0.6) is 0 Å². The number of anilines is 3. The molecule has 0 aliphatic carbocycles. The monoisotopic (exact) mass is 259 g/mol. The fourth-order valence-electron chi connectivity index (χ4n) is 1.19. The Morgan fingerprint density at radius 2 is 2.12 bits per heavy atom. The van der Waals surface area contributed by atoms with Gasteiger partial charge in [0.05, 0.1) is 5.75 Å². The van der Waals surface area contributed by atoms with Gasteiger partial charge in [-0.15, -0.1) is 0 Å². The molecule has 7 nitrogen and oxygen atoms in total. The second-order valence-corrected chi connectivity index (χ2v) is 6.03. The zero-order valence-electron chi connectivity index (χ0n) is 10.1. The van der Waals surface area contributed by atoms with Crippen LogP contribution in [-0.4, -0.2) is 51.0 Å². The molecule has 0 radical (unpaired) electrons. The summed E-state index contributed by atoms with van der Waals surface area (Å²) < 4.78 is 22.1. The van der Waals surface area contributed by atoms with E-state index in [4.69, 9.17) is 5.73 Å². The molecule has 0 aliphatic rings. The maximum Gasteiger partial charge on any atom is 0.223 e. The molecule has 0 aliphatic heterocycles. The minimum absolute atomic E-state index is 0.0717. The number of nitrogens with two attached hydrogens (primary N) is 1. The minimum Gasteiger partial charge on any atom is -0.373 e.